The lowest BCUT2D eigenvalue weighted by atomic mass is 10.1. The topological polar surface area (TPSA) is 68.3 Å². The molecule has 7 heteroatoms. The van der Waals surface area contributed by atoms with Crippen LogP contribution in [0.15, 0.2) is 63.6 Å². The number of ether oxygens (including phenoxy) is 2. The molecule has 1 saturated heterocycles. The zero-order valence-electron chi connectivity index (χ0n) is 17.8. The van der Waals surface area contributed by atoms with Crippen molar-refractivity contribution in [2.45, 2.75) is 32.4 Å². The van der Waals surface area contributed by atoms with E-state index in [1.165, 1.54) is 19.3 Å². The summed E-state index contributed by atoms with van der Waals surface area (Å²) in [6.07, 6.45) is 5.24. The smallest absolute Gasteiger partial charge is 0.261 e. The van der Waals surface area contributed by atoms with Crippen LogP contribution in [0.2, 0.25) is 0 Å². The minimum absolute atomic E-state index is 0.0767. The van der Waals surface area contributed by atoms with Gasteiger partial charge in [0.25, 0.3) is 5.91 Å². The number of rotatable bonds is 9. The van der Waals surface area contributed by atoms with E-state index in [0.717, 1.165) is 30.5 Å². The fraction of sp³-hybridized carbons (Fsp3) is 0.375. The predicted octanol–water partition coefficient (Wildman–Crippen LogP) is 4.48. The highest BCUT2D eigenvalue weighted by Crippen LogP contribution is 2.24. The van der Waals surface area contributed by atoms with Gasteiger partial charge in [-0.25, -0.2) is 0 Å². The number of carbonyl (C=O) groups excluding carboxylic acids is 1. The number of methoxy groups -OCH3 is 1. The molecule has 0 N–H and O–H groups in total. The molecule has 0 atom stereocenters. The molecule has 3 heterocycles. The van der Waals surface area contributed by atoms with Crippen LogP contribution in [0.5, 0.6) is 11.5 Å². The number of furan rings is 2. The molecule has 1 aliphatic rings. The Hall–Kier alpha value is -3.35. The normalized spacial score (nSPS) is 13.8. The second-order valence-corrected chi connectivity index (χ2v) is 7.58. The summed E-state index contributed by atoms with van der Waals surface area (Å²) in [5.74, 6) is 3.51. The summed E-state index contributed by atoms with van der Waals surface area (Å²) in [4.78, 5) is 16.9. The van der Waals surface area contributed by atoms with Crippen molar-refractivity contribution in [2.75, 3.05) is 31.7 Å². The average molecular weight is 424 g/mol. The average Bonchev–Trinajstić information content (AvgIpc) is 3.50. The third-order valence-electron chi connectivity index (χ3n) is 5.36. The van der Waals surface area contributed by atoms with Gasteiger partial charge in [-0.2, -0.15) is 0 Å². The van der Waals surface area contributed by atoms with E-state index in [4.69, 9.17) is 18.3 Å². The molecule has 3 aromatic rings. The molecule has 2 aromatic heterocycles. The molecule has 1 amide bonds. The van der Waals surface area contributed by atoms with E-state index >= 15 is 0 Å². The lowest BCUT2D eigenvalue weighted by molar-refractivity contribution is -0.135. The summed E-state index contributed by atoms with van der Waals surface area (Å²) in [6.45, 7) is 2.64. The Morgan fingerprint density at radius 1 is 0.968 bits per heavy atom. The zero-order chi connectivity index (χ0) is 21.5. The largest absolute Gasteiger partial charge is 0.497 e. The minimum Gasteiger partial charge on any atom is -0.497 e. The number of anilines is 1. The van der Waals surface area contributed by atoms with Crippen molar-refractivity contribution in [1.82, 2.24) is 4.90 Å². The summed E-state index contributed by atoms with van der Waals surface area (Å²) >= 11 is 0. The number of piperidine rings is 1. The molecule has 0 aliphatic carbocycles. The van der Waals surface area contributed by atoms with Gasteiger partial charge >= 0.3 is 0 Å². The van der Waals surface area contributed by atoms with Crippen LogP contribution in [0.1, 0.15) is 30.8 Å². The van der Waals surface area contributed by atoms with Crippen molar-refractivity contribution in [2.24, 2.45) is 0 Å². The molecule has 1 aliphatic heterocycles. The maximum atomic E-state index is 13.0. The Morgan fingerprint density at radius 3 is 2.42 bits per heavy atom. The van der Waals surface area contributed by atoms with Crippen LogP contribution in [0, 0.1) is 0 Å². The van der Waals surface area contributed by atoms with Gasteiger partial charge in [0.05, 0.1) is 26.5 Å². The Morgan fingerprint density at radius 2 is 1.71 bits per heavy atom. The highest BCUT2D eigenvalue weighted by atomic mass is 16.5. The number of nitrogens with zero attached hydrogens (tertiary/aromatic N) is 2. The van der Waals surface area contributed by atoms with Gasteiger partial charge in [-0.3, -0.25) is 4.79 Å². The van der Waals surface area contributed by atoms with Gasteiger partial charge in [0, 0.05) is 19.2 Å². The Balaban J connectivity index is 1.41. The third kappa shape index (κ3) is 5.63. The number of amides is 1. The summed E-state index contributed by atoms with van der Waals surface area (Å²) in [6, 6.07) is 14.7. The van der Waals surface area contributed by atoms with Crippen LogP contribution in [-0.2, 0) is 17.9 Å². The molecule has 164 valence electrons. The van der Waals surface area contributed by atoms with Crippen LogP contribution in [0.4, 0.5) is 5.88 Å². The van der Waals surface area contributed by atoms with Crippen molar-refractivity contribution >= 4 is 11.8 Å². The molecule has 7 nitrogen and oxygen atoms in total. The van der Waals surface area contributed by atoms with Crippen LogP contribution in [0.3, 0.4) is 0 Å². The number of carbonyl (C=O) groups is 1. The van der Waals surface area contributed by atoms with Gasteiger partial charge in [-0.05, 0) is 61.7 Å². The van der Waals surface area contributed by atoms with Crippen molar-refractivity contribution in [3.63, 3.8) is 0 Å². The van der Waals surface area contributed by atoms with Crippen LogP contribution >= 0.6 is 0 Å². The highest BCUT2D eigenvalue weighted by Gasteiger charge is 2.20. The lowest BCUT2D eigenvalue weighted by Crippen LogP contribution is -2.34. The number of hydrogen-bond donors (Lipinski definition) is 0. The molecular weight excluding hydrogens is 396 g/mol. The molecule has 0 radical (unpaired) electrons. The van der Waals surface area contributed by atoms with E-state index < -0.39 is 0 Å². The van der Waals surface area contributed by atoms with Crippen molar-refractivity contribution in [3.8, 4) is 11.5 Å². The van der Waals surface area contributed by atoms with Crippen LogP contribution in [-0.4, -0.2) is 37.6 Å². The first-order chi connectivity index (χ1) is 15.2. The maximum absolute atomic E-state index is 13.0. The number of hydrogen-bond acceptors (Lipinski definition) is 6. The second-order valence-electron chi connectivity index (χ2n) is 7.58. The Kier molecular flexibility index (Phi) is 6.82. The standard InChI is InChI=1S/C24H28N2O5/c1-28-19-7-9-20(10-8-19)30-18-23(27)26(16-21-6-5-15-29-21)17-22-11-12-24(31-22)25-13-3-2-4-14-25/h5-12,15H,2-4,13-14,16-18H2,1H3. The minimum atomic E-state index is -0.150. The summed E-state index contributed by atoms with van der Waals surface area (Å²) < 4.78 is 22.3. The van der Waals surface area contributed by atoms with Crippen LogP contribution in [0.25, 0.3) is 0 Å². The molecule has 31 heavy (non-hydrogen) atoms. The molecule has 0 saturated carbocycles. The first-order valence-electron chi connectivity index (χ1n) is 10.6. The van der Waals surface area contributed by atoms with Gasteiger partial charge in [-0.1, -0.05) is 0 Å². The van der Waals surface area contributed by atoms with E-state index in [1.54, 1.807) is 42.5 Å². The molecule has 4 rings (SSSR count). The van der Waals surface area contributed by atoms with E-state index in [-0.39, 0.29) is 12.5 Å². The summed E-state index contributed by atoms with van der Waals surface area (Å²) in [7, 11) is 1.61. The zero-order valence-corrected chi connectivity index (χ0v) is 17.8. The highest BCUT2D eigenvalue weighted by molar-refractivity contribution is 5.77. The molecule has 0 bridgehead atoms. The lowest BCUT2D eigenvalue weighted by Gasteiger charge is -2.26. The molecule has 0 spiro atoms. The summed E-state index contributed by atoms with van der Waals surface area (Å²) in [5, 5.41) is 0. The number of benzene rings is 1. The Bertz CT molecular complexity index is 943. The first-order valence-corrected chi connectivity index (χ1v) is 10.6. The van der Waals surface area contributed by atoms with E-state index in [9.17, 15) is 4.79 Å². The maximum Gasteiger partial charge on any atom is 0.261 e. The van der Waals surface area contributed by atoms with Gasteiger partial charge < -0.3 is 28.1 Å². The third-order valence-corrected chi connectivity index (χ3v) is 5.36. The monoisotopic (exact) mass is 424 g/mol. The van der Waals surface area contributed by atoms with Gasteiger partial charge in [-0.15, -0.1) is 0 Å². The second kappa shape index (κ2) is 10.1. The fourth-order valence-corrected chi connectivity index (χ4v) is 3.66. The summed E-state index contributed by atoms with van der Waals surface area (Å²) in [5.41, 5.74) is 0. The van der Waals surface area contributed by atoms with Crippen molar-refractivity contribution in [3.05, 3.63) is 66.3 Å². The molecule has 1 aromatic carbocycles. The predicted molar refractivity (Wildman–Crippen MR) is 116 cm³/mol. The van der Waals surface area contributed by atoms with E-state index in [2.05, 4.69) is 4.90 Å². The van der Waals surface area contributed by atoms with Gasteiger partial charge in [0.15, 0.2) is 12.5 Å². The van der Waals surface area contributed by atoms with Crippen molar-refractivity contribution < 1.29 is 23.1 Å². The van der Waals surface area contributed by atoms with Crippen molar-refractivity contribution in [1.29, 1.82) is 0 Å². The van der Waals surface area contributed by atoms with Gasteiger partial charge in [0.2, 0.25) is 0 Å². The Labute approximate surface area is 182 Å². The van der Waals surface area contributed by atoms with E-state index in [0.29, 0.717) is 24.6 Å². The van der Waals surface area contributed by atoms with E-state index in [1.807, 2.05) is 24.3 Å². The first kappa shape index (κ1) is 20.9. The SMILES string of the molecule is COc1ccc(OCC(=O)N(Cc2ccco2)Cc2ccc(N3CCCCC3)o2)cc1. The molecule has 0 unspecified atom stereocenters. The quantitative estimate of drug-likeness (QED) is 0.505. The van der Waals surface area contributed by atoms with Gasteiger partial charge in [0.1, 0.15) is 23.0 Å². The van der Waals surface area contributed by atoms with Crippen LogP contribution < -0.4 is 14.4 Å². The fourth-order valence-electron chi connectivity index (χ4n) is 3.66. The molecule has 1 fully saturated rings. The molecular formula is C24H28N2O5.